The van der Waals surface area contributed by atoms with E-state index in [4.69, 9.17) is 40.5 Å². The lowest BCUT2D eigenvalue weighted by Gasteiger charge is -2.12. The molecule has 94 valence electrons. The van der Waals surface area contributed by atoms with E-state index in [0.29, 0.717) is 26.4 Å². The minimum Gasteiger partial charge on any atom is -0.399 e. The van der Waals surface area contributed by atoms with E-state index in [2.05, 4.69) is 21.2 Å². The van der Waals surface area contributed by atoms with E-state index in [1.165, 1.54) is 0 Å². The average Bonchev–Trinajstić information content (AvgIpc) is 2.25. The van der Waals surface area contributed by atoms with Crippen molar-refractivity contribution in [1.82, 2.24) is 0 Å². The number of hydrogen-bond acceptors (Lipinski definition) is 2. The second-order valence-electron chi connectivity index (χ2n) is 3.61. The number of anilines is 3. The molecule has 3 N–H and O–H groups in total. The summed E-state index contributed by atoms with van der Waals surface area (Å²) in [5.41, 5.74) is 7.59. The van der Waals surface area contributed by atoms with Crippen LogP contribution in [0, 0.1) is 0 Å². The number of nitrogen functional groups attached to an aromatic ring is 1. The van der Waals surface area contributed by atoms with Gasteiger partial charge in [0.2, 0.25) is 0 Å². The van der Waals surface area contributed by atoms with Crippen molar-refractivity contribution >= 4 is 67.8 Å². The summed E-state index contributed by atoms with van der Waals surface area (Å²) in [5, 5.41) is 4.70. The molecule has 0 unspecified atom stereocenters. The van der Waals surface area contributed by atoms with Gasteiger partial charge in [-0.3, -0.25) is 0 Å². The molecule has 0 spiro atoms. The number of benzene rings is 2. The lowest BCUT2D eigenvalue weighted by molar-refractivity contribution is 1.52. The van der Waals surface area contributed by atoms with Crippen LogP contribution in [-0.2, 0) is 0 Å². The molecule has 0 fully saturated rings. The average molecular weight is 366 g/mol. The molecule has 0 aliphatic carbocycles. The minimum atomic E-state index is 0.460. The standard InChI is InChI=1S/C12H8BrCl3N2/c13-8-3-6(14)1-2-11(8)18-12-9(15)4-7(17)5-10(12)16/h1-5,18H,17H2. The van der Waals surface area contributed by atoms with Crippen molar-refractivity contribution in [2.75, 3.05) is 11.1 Å². The summed E-state index contributed by atoms with van der Waals surface area (Å²) in [6.07, 6.45) is 0. The number of hydrogen-bond donors (Lipinski definition) is 2. The highest BCUT2D eigenvalue weighted by atomic mass is 79.9. The van der Waals surface area contributed by atoms with Crippen LogP contribution < -0.4 is 11.1 Å². The molecule has 0 atom stereocenters. The molecule has 0 aromatic heterocycles. The molecule has 2 aromatic carbocycles. The predicted molar refractivity (Wildman–Crippen MR) is 83.3 cm³/mol. The summed E-state index contributed by atoms with van der Waals surface area (Å²) in [7, 11) is 0. The molecule has 2 aromatic rings. The topological polar surface area (TPSA) is 38.0 Å². The van der Waals surface area contributed by atoms with Gasteiger partial charge in [-0.1, -0.05) is 34.8 Å². The summed E-state index contributed by atoms with van der Waals surface area (Å²) in [5.74, 6) is 0. The predicted octanol–water partition coefficient (Wildman–Crippen LogP) is 5.74. The molecule has 0 bridgehead atoms. The summed E-state index contributed by atoms with van der Waals surface area (Å²) < 4.78 is 0.818. The molecule has 0 amide bonds. The first-order chi connectivity index (χ1) is 8.47. The van der Waals surface area contributed by atoms with Crippen molar-refractivity contribution in [1.29, 1.82) is 0 Å². The first kappa shape index (κ1) is 13.8. The van der Waals surface area contributed by atoms with Crippen molar-refractivity contribution in [2.45, 2.75) is 0 Å². The third-order valence-corrected chi connectivity index (χ3v) is 3.74. The zero-order valence-corrected chi connectivity index (χ0v) is 12.8. The van der Waals surface area contributed by atoms with Gasteiger partial charge in [-0.15, -0.1) is 0 Å². The van der Waals surface area contributed by atoms with Gasteiger partial charge in [-0.25, -0.2) is 0 Å². The quantitative estimate of drug-likeness (QED) is 0.666. The number of nitrogens with two attached hydrogens (primary N) is 1. The third-order valence-electron chi connectivity index (χ3n) is 2.26. The summed E-state index contributed by atoms with van der Waals surface area (Å²) in [4.78, 5) is 0. The second kappa shape index (κ2) is 5.57. The van der Waals surface area contributed by atoms with Gasteiger partial charge in [0.15, 0.2) is 0 Å². The Morgan fingerprint density at radius 1 is 1.00 bits per heavy atom. The molecule has 0 aliphatic rings. The van der Waals surface area contributed by atoms with Gasteiger partial charge in [0.1, 0.15) is 0 Å². The van der Waals surface area contributed by atoms with Crippen LogP contribution in [0.3, 0.4) is 0 Å². The summed E-state index contributed by atoms with van der Waals surface area (Å²) >= 11 is 21.5. The Bertz CT molecular complexity index is 579. The number of halogens is 4. The van der Waals surface area contributed by atoms with Crippen molar-refractivity contribution in [3.05, 3.63) is 49.9 Å². The lowest BCUT2D eigenvalue weighted by atomic mass is 10.2. The van der Waals surface area contributed by atoms with Gasteiger partial charge >= 0.3 is 0 Å². The minimum absolute atomic E-state index is 0.460. The van der Waals surface area contributed by atoms with E-state index in [9.17, 15) is 0 Å². The Labute approximate surface area is 128 Å². The Morgan fingerprint density at radius 2 is 1.61 bits per heavy atom. The molecule has 0 aliphatic heterocycles. The number of nitrogens with one attached hydrogen (secondary N) is 1. The Balaban J connectivity index is 2.40. The van der Waals surface area contributed by atoms with E-state index < -0.39 is 0 Å². The molecular formula is C12H8BrCl3N2. The van der Waals surface area contributed by atoms with Crippen LogP contribution >= 0.6 is 50.7 Å². The molecule has 0 heterocycles. The van der Waals surface area contributed by atoms with Crippen LogP contribution in [0.4, 0.5) is 17.1 Å². The largest absolute Gasteiger partial charge is 0.399 e. The monoisotopic (exact) mass is 364 g/mol. The highest BCUT2D eigenvalue weighted by Gasteiger charge is 2.09. The smallest absolute Gasteiger partial charge is 0.0764 e. The SMILES string of the molecule is Nc1cc(Cl)c(Nc2ccc(Cl)cc2Br)c(Cl)c1. The van der Waals surface area contributed by atoms with Crippen LogP contribution in [-0.4, -0.2) is 0 Å². The van der Waals surface area contributed by atoms with Gasteiger partial charge in [-0.2, -0.15) is 0 Å². The summed E-state index contributed by atoms with van der Waals surface area (Å²) in [6.45, 7) is 0. The maximum Gasteiger partial charge on any atom is 0.0764 e. The molecule has 2 nitrogen and oxygen atoms in total. The highest BCUT2D eigenvalue weighted by Crippen LogP contribution is 2.37. The molecule has 18 heavy (non-hydrogen) atoms. The maximum atomic E-state index is 6.10. The van der Waals surface area contributed by atoms with E-state index >= 15 is 0 Å². The molecular weight excluding hydrogens is 358 g/mol. The maximum absolute atomic E-state index is 6.10. The zero-order valence-electron chi connectivity index (χ0n) is 8.98. The molecule has 2 rings (SSSR count). The fourth-order valence-electron chi connectivity index (χ4n) is 1.44. The molecule has 6 heteroatoms. The molecule has 0 radical (unpaired) electrons. The van der Waals surface area contributed by atoms with Crippen molar-refractivity contribution in [2.24, 2.45) is 0 Å². The van der Waals surface area contributed by atoms with E-state index in [1.54, 1.807) is 24.3 Å². The van der Waals surface area contributed by atoms with E-state index in [0.717, 1.165) is 10.2 Å². The molecule has 0 saturated heterocycles. The zero-order chi connectivity index (χ0) is 13.3. The van der Waals surface area contributed by atoms with Crippen LogP contribution in [0.1, 0.15) is 0 Å². The first-order valence-electron chi connectivity index (χ1n) is 4.94. The van der Waals surface area contributed by atoms with E-state index in [-0.39, 0.29) is 0 Å². The Kier molecular flexibility index (Phi) is 4.28. The Morgan fingerprint density at radius 3 is 2.17 bits per heavy atom. The second-order valence-corrected chi connectivity index (χ2v) is 5.71. The lowest BCUT2D eigenvalue weighted by Crippen LogP contribution is -1.95. The summed E-state index contributed by atoms with van der Waals surface area (Å²) in [6, 6.07) is 8.66. The van der Waals surface area contributed by atoms with Crippen LogP contribution in [0.15, 0.2) is 34.8 Å². The van der Waals surface area contributed by atoms with Crippen molar-refractivity contribution in [3.8, 4) is 0 Å². The normalized spacial score (nSPS) is 10.4. The van der Waals surface area contributed by atoms with Gasteiger partial charge in [0.05, 0.1) is 21.4 Å². The number of rotatable bonds is 2. The van der Waals surface area contributed by atoms with Crippen LogP contribution in [0.25, 0.3) is 0 Å². The first-order valence-corrected chi connectivity index (χ1v) is 6.86. The van der Waals surface area contributed by atoms with Crippen molar-refractivity contribution in [3.63, 3.8) is 0 Å². The van der Waals surface area contributed by atoms with Gasteiger partial charge in [0, 0.05) is 15.2 Å². The fraction of sp³-hybridized carbons (Fsp3) is 0. The highest BCUT2D eigenvalue weighted by molar-refractivity contribution is 9.10. The van der Waals surface area contributed by atoms with Crippen molar-refractivity contribution < 1.29 is 0 Å². The van der Waals surface area contributed by atoms with Crippen LogP contribution in [0.5, 0.6) is 0 Å². The fourth-order valence-corrected chi connectivity index (χ4v) is 2.82. The van der Waals surface area contributed by atoms with Gasteiger partial charge in [-0.05, 0) is 46.3 Å². The Hall–Kier alpha value is -0.610. The van der Waals surface area contributed by atoms with Gasteiger partial charge < -0.3 is 11.1 Å². The molecule has 0 saturated carbocycles. The van der Waals surface area contributed by atoms with E-state index in [1.807, 2.05) is 6.07 Å². The van der Waals surface area contributed by atoms with Crippen LogP contribution in [0.2, 0.25) is 15.1 Å². The van der Waals surface area contributed by atoms with Gasteiger partial charge in [0.25, 0.3) is 0 Å². The third kappa shape index (κ3) is 3.04.